The van der Waals surface area contributed by atoms with Crippen molar-refractivity contribution in [3.63, 3.8) is 0 Å². The third-order valence-corrected chi connectivity index (χ3v) is 3.82. The number of rotatable bonds is 9. The zero-order chi connectivity index (χ0) is 13.5. The Morgan fingerprint density at radius 2 is 1.88 bits per heavy atom. The molecule has 0 amide bonds. The minimum absolute atomic E-state index is 0.145. The summed E-state index contributed by atoms with van der Waals surface area (Å²) in [5.41, 5.74) is -0.469. The van der Waals surface area contributed by atoms with Crippen molar-refractivity contribution in [2.75, 3.05) is 26.0 Å². The molecule has 0 aromatic rings. The molecule has 0 rings (SSSR count). The van der Waals surface area contributed by atoms with Crippen molar-refractivity contribution >= 4 is 10.0 Å². The van der Waals surface area contributed by atoms with Crippen molar-refractivity contribution in [3.8, 4) is 0 Å². The second-order valence-corrected chi connectivity index (χ2v) is 6.99. The normalized spacial score (nSPS) is 13.3. The van der Waals surface area contributed by atoms with Crippen LogP contribution in [0.3, 0.4) is 0 Å². The molecular weight excluding hydrogens is 240 g/mol. The summed E-state index contributed by atoms with van der Waals surface area (Å²) in [5.74, 6) is 0.145. The molecule has 0 aliphatic heterocycles. The number of hydrogen-bond donors (Lipinski definition) is 2. The van der Waals surface area contributed by atoms with Crippen LogP contribution in [0.2, 0.25) is 0 Å². The van der Waals surface area contributed by atoms with E-state index in [2.05, 4.69) is 10.0 Å². The molecule has 0 aromatic heterocycles. The third-order valence-electron chi connectivity index (χ3n) is 2.41. The highest BCUT2D eigenvalue weighted by Crippen LogP contribution is 2.05. The van der Waals surface area contributed by atoms with E-state index in [0.29, 0.717) is 25.6 Å². The van der Waals surface area contributed by atoms with Crippen LogP contribution in [0.1, 0.15) is 34.1 Å². The van der Waals surface area contributed by atoms with Crippen LogP contribution < -0.4 is 10.0 Å². The molecule has 104 valence electrons. The molecule has 0 aromatic carbocycles. The molecule has 0 spiro atoms. The first-order chi connectivity index (χ1) is 7.68. The van der Waals surface area contributed by atoms with Crippen LogP contribution in [0.15, 0.2) is 0 Å². The molecule has 0 saturated carbocycles. The molecule has 0 saturated heterocycles. The second kappa shape index (κ2) is 7.31. The van der Waals surface area contributed by atoms with Gasteiger partial charge in [0.25, 0.3) is 0 Å². The van der Waals surface area contributed by atoms with Gasteiger partial charge in [-0.2, -0.15) is 0 Å². The van der Waals surface area contributed by atoms with Gasteiger partial charge in [0.2, 0.25) is 10.0 Å². The van der Waals surface area contributed by atoms with Gasteiger partial charge in [-0.1, -0.05) is 13.8 Å². The Balaban J connectivity index is 3.89. The Bertz CT molecular complexity index is 300. The van der Waals surface area contributed by atoms with Gasteiger partial charge in [-0.3, -0.25) is 0 Å². The maximum absolute atomic E-state index is 11.6. The van der Waals surface area contributed by atoms with Crippen molar-refractivity contribution in [1.82, 2.24) is 10.0 Å². The molecule has 0 aliphatic carbocycles. The van der Waals surface area contributed by atoms with Crippen LogP contribution in [0.25, 0.3) is 0 Å². The molecular formula is C11H26N2O3S. The zero-order valence-electron chi connectivity index (χ0n) is 11.5. The smallest absolute Gasteiger partial charge is 0.211 e. The Hall–Kier alpha value is -0.170. The van der Waals surface area contributed by atoms with Gasteiger partial charge >= 0.3 is 0 Å². The zero-order valence-corrected chi connectivity index (χ0v) is 12.4. The molecule has 2 N–H and O–H groups in total. The summed E-state index contributed by atoms with van der Waals surface area (Å²) < 4.78 is 31.0. The van der Waals surface area contributed by atoms with E-state index in [-0.39, 0.29) is 5.75 Å². The molecule has 0 aliphatic rings. The van der Waals surface area contributed by atoms with Crippen LogP contribution in [-0.2, 0) is 14.8 Å². The molecule has 0 fully saturated rings. The molecule has 0 heterocycles. The number of nitrogens with one attached hydrogen (secondary N) is 2. The van der Waals surface area contributed by atoms with E-state index < -0.39 is 15.6 Å². The quantitative estimate of drug-likeness (QED) is 0.603. The van der Waals surface area contributed by atoms with E-state index in [1.54, 1.807) is 7.11 Å². The predicted octanol–water partition coefficient (Wildman–Crippen LogP) is 0.719. The SMILES string of the molecule is COC(C)(C)CNS(=O)(=O)CCCNC(C)C. The third kappa shape index (κ3) is 9.52. The van der Waals surface area contributed by atoms with Gasteiger partial charge in [-0.15, -0.1) is 0 Å². The first kappa shape index (κ1) is 16.8. The monoisotopic (exact) mass is 266 g/mol. The van der Waals surface area contributed by atoms with E-state index in [4.69, 9.17) is 4.74 Å². The van der Waals surface area contributed by atoms with Gasteiger partial charge < -0.3 is 10.1 Å². The van der Waals surface area contributed by atoms with Crippen LogP contribution in [0.4, 0.5) is 0 Å². The Kier molecular flexibility index (Phi) is 7.23. The standard InChI is InChI=1S/C11H26N2O3S/c1-10(2)12-7-6-8-17(14,15)13-9-11(3,4)16-5/h10,12-13H,6-9H2,1-5H3. The molecule has 6 heteroatoms. The summed E-state index contributed by atoms with van der Waals surface area (Å²) in [6.45, 7) is 8.77. The lowest BCUT2D eigenvalue weighted by Gasteiger charge is -2.23. The molecule has 17 heavy (non-hydrogen) atoms. The average Bonchev–Trinajstić information content (AvgIpc) is 2.22. The largest absolute Gasteiger partial charge is 0.377 e. The molecule has 0 atom stereocenters. The molecule has 0 radical (unpaired) electrons. The highest BCUT2D eigenvalue weighted by Gasteiger charge is 2.19. The van der Waals surface area contributed by atoms with E-state index in [9.17, 15) is 8.42 Å². The fourth-order valence-electron chi connectivity index (χ4n) is 1.08. The predicted molar refractivity (Wildman–Crippen MR) is 70.6 cm³/mol. The lowest BCUT2D eigenvalue weighted by Crippen LogP contribution is -2.41. The van der Waals surface area contributed by atoms with Crippen LogP contribution in [0.5, 0.6) is 0 Å². The minimum atomic E-state index is -3.19. The molecule has 0 bridgehead atoms. The molecule has 0 unspecified atom stereocenters. The topological polar surface area (TPSA) is 67.4 Å². The highest BCUT2D eigenvalue weighted by atomic mass is 32.2. The van der Waals surface area contributed by atoms with E-state index >= 15 is 0 Å². The molecule has 5 nitrogen and oxygen atoms in total. The van der Waals surface area contributed by atoms with Crippen molar-refractivity contribution < 1.29 is 13.2 Å². The summed E-state index contributed by atoms with van der Waals surface area (Å²) in [4.78, 5) is 0. The number of hydrogen-bond acceptors (Lipinski definition) is 4. The van der Waals surface area contributed by atoms with Crippen molar-refractivity contribution in [2.24, 2.45) is 0 Å². The Morgan fingerprint density at radius 3 is 2.35 bits per heavy atom. The summed E-state index contributed by atoms with van der Waals surface area (Å²) >= 11 is 0. The van der Waals surface area contributed by atoms with Crippen molar-refractivity contribution in [3.05, 3.63) is 0 Å². The summed E-state index contributed by atoms with van der Waals surface area (Å²) in [6, 6.07) is 0.387. The van der Waals surface area contributed by atoms with Gasteiger partial charge in [0.15, 0.2) is 0 Å². The Morgan fingerprint density at radius 1 is 1.29 bits per heavy atom. The fraction of sp³-hybridized carbons (Fsp3) is 1.00. The maximum Gasteiger partial charge on any atom is 0.211 e. The summed E-state index contributed by atoms with van der Waals surface area (Å²) in [5, 5.41) is 3.18. The lowest BCUT2D eigenvalue weighted by atomic mass is 10.1. The fourth-order valence-corrected chi connectivity index (χ4v) is 2.32. The summed E-state index contributed by atoms with van der Waals surface area (Å²) in [6.07, 6.45) is 0.612. The van der Waals surface area contributed by atoms with Gasteiger partial charge in [0.1, 0.15) is 0 Å². The van der Waals surface area contributed by atoms with Gasteiger partial charge in [0.05, 0.1) is 11.4 Å². The van der Waals surface area contributed by atoms with Gasteiger partial charge in [-0.05, 0) is 26.8 Å². The van der Waals surface area contributed by atoms with Gasteiger partial charge in [-0.25, -0.2) is 13.1 Å². The van der Waals surface area contributed by atoms with E-state index in [1.165, 1.54) is 0 Å². The first-order valence-corrected chi connectivity index (χ1v) is 7.59. The minimum Gasteiger partial charge on any atom is -0.377 e. The maximum atomic E-state index is 11.6. The average molecular weight is 266 g/mol. The summed E-state index contributed by atoms with van der Waals surface area (Å²) in [7, 11) is -1.62. The van der Waals surface area contributed by atoms with Crippen LogP contribution in [0, 0.1) is 0 Å². The second-order valence-electron chi connectivity index (χ2n) is 5.07. The van der Waals surface area contributed by atoms with Crippen molar-refractivity contribution in [2.45, 2.75) is 45.8 Å². The Labute approximate surface area is 105 Å². The number of methoxy groups -OCH3 is 1. The van der Waals surface area contributed by atoms with Gasteiger partial charge in [0, 0.05) is 19.7 Å². The number of sulfonamides is 1. The number of ether oxygens (including phenoxy) is 1. The first-order valence-electron chi connectivity index (χ1n) is 5.94. The van der Waals surface area contributed by atoms with E-state index in [0.717, 1.165) is 0 Å². The lowest BCUT2D eigenvalue weighted by molar-refractivity contribution is 0.0276. The van der Waals surface area contributed by atoms with Crippen LogP contribution in [-0.4, -0.2) is 46.0 Å². The highest BCUT2D eigenvalue weighted by molar-refractivity contribution is 7.89. The van der Waals surface area contributed by atoms with Crippen molar-refractivity contribution in [1.29, 1.82) is 0 Å². The van der Waals surface area contributed by atoms with Crippen LogP contribution >= 0.6 is 0 Å². The van der Waals surface area contributed by atoms with E-state index in [1.807, 2.05) is 27.7 Å².